The monoisotopic (exact) mass is 248 g/mol. The molecular formula is C14H20N2O2. The number of hydrogen-bond acceptors (Lipinski definition) is 4. The van der Waals surface area contributed by atoms with Gasteiger partial charge in [-0.1, -0.05) is 12.1 Å². The fraction of sp³-hybridized carbons (Fsp3) is 0.500. The first-order chi connectivity index (χ1) is 8.72. The van der Waals surface area contributed by atoms with Crippen molar-refractivity contribution < 1.29 is 9.53 Å². The molecule has 1 fully saturated rings. The van der Waals surface area contributed by atoms with E-state index in [1.54, 1.807) is 7.11 Å². The van der Waals surface area contributed by atoms with Crippen LogP contribution < -0.4 is 10.5 Å². The van der Waals surface area contributed by atoms with Crippen LogP contribution in [0.5, 0.6) is 5.75 Å². The van der Waals surface area contributed by atoms with E-state index in [9.17, 15) is 4.79 Å². The molecule has 1 aliphatic heterocycles. The second kappa shape index (κ2) is 5.98. The predicted molar refractivity (Wildman–Crippen MR) is 70.5 cm³/mol. The smallest absolute Gasteiger partial charge is 0.137 e. The fourth-order valence-electron chi connectivity index (χ4n) is 2.40. The van der Waals surface area contributed by atoms with Crippen LogP contribution in [-0.4, -0.2) is 36.9 Å². The van der Waals surface area contributed by atoms with Crippen LogP contribution in [0.15, 0.2) is 24.3 Å². The Morgan fingerprint density at radius 1 is 1.39 bits per heavy atom. The minimum absolute atomic E-state index is 0.00639. The van der Waals surface area contributed by atoms with Crippen molar-refractivity contribution in [3.8, 4) is 5.75 Å². The van der Waals surface area contributed by atoms with E-state index in [1.807, 2.05) is 24.3 Å². The number of likely N-dealkylation sites (tertiary alicyclic amines) is 1. The molecule has 1 aliphatic rings. The Bertz CT molecular complexity index is 391. The molecule has 1 saturated heterocycles. The molecule has 0 radical (unpaired) electrons. The van der Waals surface area contributed by atoms with Gasteiger partial charge in [0.05, 0.1) is 13.2 Å². The molecule has 1 aromatic rings. The summed E-state index contributed by atoms with van der Waals surface area (Å²) in [5.74, 6) is 0.848. The van der Waals surface area contributed by atoms with Gasteiger partial charge in [-0.05, 0) is 30.5 Å². The summed E-state index contributed by atoms with van der Waals surface area (Å²) in [6, 6.07) is 8.12. The number of nitrogens with zero attached hydrogens (tertiary/aromatic N) is 1. The number of carbonyl (C=O) groups is 1. The number of piperidine rings is 1. The van der Waals surface area contributed by atoms with Gasteiger partial charge in [-0.15, -0.1) is 0 Å². The molecule has 2 N–H and O–H groups in total. The van der Waals surface area contributed by atoms with Gasteiger partial charge >= 0.3 is 0 Å². The van der Waals surface area contributed by atoms with E-state index < -0.39 is 0 Å². The van der Waals surface area contributed by atoms with E-state index >= 15 is 0 Å². The summed E-state index contributed by atoms with van der Waals surface area (Å²) < 4.78 is 5.13. The lowest BCUT2D eigenvalue weighted by atomic mass is 9.99. The van der Waals surface area contributed by atoms with E-state index in [1.165, 1.54) is 5.56 Å². The molecule has 4 nitrogen and oxygen atoms in total. The largest absolute Gasteiger partial charge is 0.497 e. The molecule has 18 heavy (non-hydrogen) atoms. The van der Waals surface area contributed by atoms with Gasteiger partial charge in [0.15, 0.2) is 0 Å². The lowest BCUT2D eigenvalue weighted by molar-refractivity contribution is -0.113. The Balaban J connectivity index is 2.03. The van der Waals surface area contributed by atoms with Gasteiger partial charge in [0.2, 0.25) is 0 Å². The zero-order chi connectivity index (χ0) is 13.0. The third-order valence-electron chi connectivity index (χ3n) is 3.47. The first kappa shape index (κ1) is 13.1. The standard InChI is InChI=1S/C14H20N2O2/c1-18-14-6-2-11(3-7-14)8-16-9-12(15)4-5-13(16)10-17/h2-3,6-7,10,12-13H,4-5,8-9,15H2,1H3. The van der Waals surface area contributed by atoms with Gasteiger partial charge in [-0.25, -0.2) is 0 Å². The topological polar surface area (TPSA) is 55.6 Å². The molecule has 98 valence electrons. The van der Waals surface area contributed by atoms with Crippen LogP contribution in [0.3, 0.4) is 0 Å². The molecule has 1 aromatic carbocycles. The first-order valence-electron chi connectivity index (χ1n) is 6.31. The van der Waals surface area contributed by atoms with Gasteiger partial charge in [0.25, 0.3) is 0 Å². The van der Waals surface area contributed by atoms with E-state index in [-0.39, 0.29) is 12.1 Å². The fourth-order valence-corrected chi connectivity index (χ4v) is 2.40. The maximum absolute atomic E-state index is 11.1. The number of carbonyl (C=O) groups excluding carboxylic acids is 1. The highest BCUT2D eigenvalue weighted by molar-refractivity contribution is 5.57. The highest BCUT2D eigenvalue weighted by Gasteiger charge is 2.25. The summed E-state index contributed by atoms with van der Waals surface area (Å²) in [6.45, 7) is 1.55. The number of methoxy groups -OCH3 is 1. The number of nitrogens with two attached hydrogens (primary N) is 1. The lowest BCUT2D eigenvalue weighted by Crippen LogP contribution is -2.48. The third-order valence-corrected chi connectivity index (χ3v) is 3.47. The molecule has 0 amide bonds. The zero-order valence-electron chi connectivity index (χ0n) is 10.7. The Labute approximate surface area is 108 Å². The quantitative estimate of drug-likeness (QED) is 0.813. The molecule has 0 aromatic heterocycles. The van der Waals surface area contributed by atoms with Crippen molar-refractivity contribution in [1.29, 1.82) is 0 Å². The van der Waals surface area contributed by atoms with Gasteiger partial charge in [-0.2, -0.15) is 0 Å². The van der Waals surface area contributed by atoms with Crippen molar-refractivity contribution >= 4 is 6.29 Å². The minimum atomic E-state index is 0.00639. The van der Waals surface area contributed by atoms with E-state index in [2.05, 4.69) is 4.90 Å². The van der Waals surface area contributed by atoms with Crippen molar-refractivity contribution in [1.82, 2.24) is 4.90 Å². The van der Waals surface area contributed by atoms with Gasteiger partial charge < -0.3 is 15.3 Å². The van der Waals surface area contributed by atoms with Crippen molar-refractivity contribution in [3.05, 3.63) is 29.8 Å². The van der Waals surface area contributed by atoms with Crippen LogP contribution in [-0.2, 0) is 11.3 Å². The van der Waals surface area contributed by atoms with Crippen LogP contribution in [0, 0.1) is 0 Å². The van der Waals surface area contributed by atoms with Crippen molar-refractivity contribution in [3.63, 3.8) is 0 Å². The second-order valence-electron chi connectivity index (χ2n) is 4.82. The van der Waals surface area contributed by atoms with Crippen molar-refractivity contribution in [2.24, 2.45) is 5.73 Å². The highest BCUT2D eigenvalue weighted by Crippen LogP contribution is 2.19. The highest BCUT2D eigenvalue weighted by atomic mass is 16.5. The van der Waals surface area contributed by atoms with Gasteiger partial charge in [-0.3, -0.25) is 4.90 Å². The van der Waals surface area contributed by atoms with E-state index in [4.69, 9.17) is 10.5 Å². The summed E-state index contributed by atoms with van der Waals surface area (Å²) in [4.78, 5) is 13.2. The molecule has 2 rings (SSSR count). The summed E-state index contributed by atoms with van der Waals surface area (Å²) in [7, 11) is 1.65. The van der Waals surface area contributed by atoms with Crippen LogP contribution in [0.2, 0.25) is 0 Å². The summed E-state index contributed by atoms with van der Waals surface area (Å²) in [5.41, 5.74) is 7.14. The Morgan fingerprint density at radius 3 is 2.72 bits per heavy atom. The summed E-state index contributed by atoms with van der Waals surface area (Å²) in [6.07, 6.45) is 2.83. The number of benzene rings is 1. The Hall–Kier alpha value is -1.39. The minimum Gasteiger partial charge on any atom is -0.497 e. The molecule has 2 unspecified atom stereocenters. The maximum atomic E-state index is 11.1. The Kier molecular flexibility index (Phi) is 4.33. The summed E-state index contributed by atoms with van der Waals surface area (Å²) >= 11 is 0. The molecule has 0 saturated carbocycles. The van der Waals surface area contributed by atoms with Crippen LogP contribution in [0.4, 0.5) is 0 Å². The van der Waals surface area contributed by atoms with Gasteiger partial charge in [0, 0.05) is 19.1 Å². The molecule has 0 spiro atoms. The van der Waals surface area contributed by atoms with E-state index in [0.29, 0.717) is 0 Å². The molecule has 4 heteroatoms. The van der Waals surface area contributed by atoms with Crippen LogP contribution in [0.1, 0.15) is 18.4 Å². The van der Waals surface area contributed by atoms with Crippen LogP contribution >= 0.6 is 0 Å². The number of hydrogen-bond donors (Lipinski definition) is 1. The summed E-state index contributed by atoms with van der Waals surface area (Å²) in [5, 5.41) is 0. The van der Waals surface area contributed by atoms with E-state index in [0.717, 1.165) is 38.0 Å². The first-order valence-corrected chi connectivity index (χ1v) is 6.31. The van der Waals surface area contributed by atoms with Gasteiger partial charge in [0.1, 0.15) is 12.0 Å². The number of rotatable bonds is 4. The molecule has 2 atom stereocenters. The van der Waals surface area contributed by atoms with Crippen molar-refractivity contribution in [2.45, 2.75) is 31.5 Å². The number of aldehydes is 1. The Morgan fingerprint density at radius 2 is 2.11 bits per heavy atom. The average Bonchev–Trinajstić information content (AvgIpc) is 2.40. The number of ether oxygens (including phenoxy) is 1. The lowest BCUT2D eigenvalue weighted by Gasteiger charge is -2.35. The normalized spacial score (nSPS) is 24.8. The molecular weight excluding hydrogens is 228 g/mol. The zero-order valence-corrected chi connectivity index (χ0v) is 10.7. The van der Waals surface area contributed by atoms with Crippen LogP contribution in [0.25, 0.3) is 0 Å². The average molecular weight is 248 g/mol. The molecule has 0 aliphatic carbocycles. The third kappa shape index (κ3) is 3.09. The maximum Gasteiger partial charge on any atom is 0.137 e. The second-order valence-corrected chi connectivity index (χ2v) is 4.82. The predicted octanol–water partition coefficient (Wildman–Crippen LogP) is 1.19. The van der Waals surface area contributed by atoms with Crippen molar-refractivity contribution in [2.75, 3.05) is 13.7 Å². The SMILES string of the molecule is COc1ccc(CN2CC(N)CCC2C=O)cc1. The molecule has 1 heterocycles. The molecule has 0 bridgehead atoms.